The Kier molecular flexibility index (Phi) is 6.91. The van der Waals surface area contributed by atoms with Gasteiger partial charge in [-0.2, -0.15) is 13.2 Å². The zero-order valence-corrected chi connectivity index (χ0v) is 15.4. The molecule has 2 aromatic rings. The molecule has 0 radical (unpaired) electrons. The van der Waals surface area contributed by atoms with E-state index < -0.39 is 17.6 Å². The third kappa shape index (κ3) is 6.05. The number of rotatable bonds is 7. The van der Waals surface area contributed by atoms with Crippen LogP contribution in [0.2, 0.25) is 5.02 Å². The first-order chi connectivity index (χ1) is 11.8. The zero-order valence-electron chi connectivity index (χ0n) is 13.0. The van der Waals surface area contributed by atoms with Gasteiger partial charge in [0.25, 0.3) is 0 Å². The van der Waals surface area contributed by atoms with Crippen LogP contribution in [0.4, 0.5) is 24.0 Å². The quantitative estimate of drug-likeness (QED) is 0.644. The molecule has 0 bridgehead atoms. The van der Waals surface area contributed by atoms with Gasteiger partial charge in [0.2, 0.25) is 11.0 Å². The van der Waals surface area contributed by atoms with E-state index in [0.717, 1.165) is 42.9 Å². The van der Waals surface area contributed by atoms with Crippen LogP contribution < -0.4 is 10.6 Å². The molecule has 1 aromatic carbocycles. The predicted octanol–water partition coefficient (Wildman–Crippen LogP) is 4.76. The minimum absolute atomic E-state index is 0.0189. The van der Waals surface area contributed by atoms with Crippen molar-refractivity contribution in [2.45, 2.75) is 23.9 Å². The molecule has 1 aromatic heterocycles. The summed E-state index contributed by atoms with van der Waals surface area (Å²) in [5.74, 6) is -0.501. The predicted molar refractivity (Wildman–Crippen MR) is 94.5 cm³/mol. The normalized spacial score (nSPS) is 11.4. The minimum Gasteiger partial charge on any atom is -0.360 e. The lowest BCUT2D eigenvalue weighted by molar-refractivity contribution is -0.137. The molecule has 0 saturated carbocycles. The SMILES string of the molecule is CCCNc1nnc(SCC(=O)Nc2cc(C(F)(F)F)ccc2Cl)s1. The number of hydrogen-bond acceptors (Lipinski definition) is 6. The molecule has 5 nitrogen and oxygen atoms in total. The van der Waals surface area contributed by atoms with E-state index in [4.69, 9.17) is 11.6 Å². The van der Waals surface area contributed by atoms with Crippen molar-refractivity contribution >= 4 is 51.4 Å². The number of nitrogens with one attached hydrogen (secondary N) is 2. The summed E-state index contributed by atoms with van der Waals surface area (Å²) in [7, 11) is 0. The number of alkyl halides is 3. The fourth-order valence-corrected chi connectivity index (χ4v) is 3.42. The maximum Gasteiger partial charge on any atom is 0.416 e. The summed E-state index contributed by atoms with van der Waals surface area (Å²) < 4.78 is 38.7. The summed E-state index contributed by atoms with van der Waals surface area (Å²) >= 11 is 8.29. The summed E-state index contributed by atoms with van der Waals surface area (Å²) in [6.45, 7) is 2.79. The first-order valence-electron chi connectivity index (χ1n) is 7.16. The zero-order chi connectivity index (χ0) is 18.4. The first-order valence-corrected chi connectivity index (χ1v) is 9.34. The van der Waals surface area contributed by atoms with Gasteiger partial charge in [0, 0.05) is 6.54 Å². The highest BCUT2D eigenvalue weighted by atomic mass is 35.5. The van der Waals surface area contributed by atoms with Crippen LogP contribution in [0, 0.1) is 0 Å². The van der Waals surface area contributed by atoms with Gasteiger partial charge in [0.15, 0.2) is 4.34 Å². The summed E-state index contributed by atoms with van der Waals surface area (Å²) in [4.78, 5) is 11.9. The number of aromatic nitrogens is 2. The first kappa shape index (κ1) is 19.8. The van der Waals surface area contributed by atoms with E-state index in [1.165, 1.54) is 11.3 Å². The largest absolute Gasteiger partial charge is 0.416 e. The molecule has 1 heterocycles. The Morgan fingerprint density at radius 3 is 2.80 bits per heavy atom. The number of amides is 1. The number of carbonyl (C=O) groups is 1. The van der Waals surface area contributed by atoms with E-state index in [2.05, 4.69) is 20.8 Å². The van der Waals surface area contributed by atoms with E-state index in [-0.39, 0.29) is 16.5 Å². The van der Waals surface area contributed by atoms with Crippen LogP contribution in [0.5, 0.6) is 0 Å². The number of thioether (sulfide) groups is 1. The van der Waals surface area contributed by atoms with Gasteiger partial charge in [-0.05, 0) is 24.6 Å². The molecule has 0 unspecified atom stereocenters. The molecule has 136 valence electrons. The lowest BCUT2D eigenvalue weighted by atomic mass is 10.2. The van der Waals surface area contributed by atoms with Crippen molar-refractivity contribution < 1.29 is 18.0 Å². The Labute approximate surface area is 155 Å². The van der Waals surface area contributed by atoms with Crippen LogP contribution in [0.25, 0.3) is 0 Å². The summed E-state index contributed by atoms with van der Waals surface area (Å²) in [5, 5.41) is 14.0. The number of benzene rings is 1. The highest BCUT2D eigenvalue weighted by Crippen LogP contribution is 2.34. The molecular weight excluding hydrogens is 397 g/mol. The molecule has 0 fully saturated rings. The maximum absolute atomic E-state index is 12.7. The van der Waals surface area contributed by atoms with Gasteiger partial charge in [-0.25, -0.2) is 0 Å². The molecule has 0 aliphatic carbocycles. The molecule has 0 aliphatic rings. The van der Waals surface area contributed by atoms with Crippen LogP contribution in [0.15, 0.2) is 22.5 Å². The van der Waals surface area contributed by atoms with Gasteiger partial charge in [-0.15, -0.1) is 10.2 Å². The molecular formula is C14H14ClF3N4OS2. The average Bonchev–Trinajstić information content (AvgIpc) is 3.00. The van der Waals surface area contributed by atoms with E-state index in [1.807, 2.05) is 6.92 Å². The van der Waals surface area contributed by atoms with Gasteiger partial charge in [-0.1, -0.05) is 41.6 Å². The molecule has 11 heteroatoms. The molecule has 2 rings (SSSR count). The molecule has 0 saturated heterocycles. The van der Waals surface area contributed by atoms with E-state index in [1.54, 1.807) is 0 Å². The summed E-state index contributed by atoms with van der Waals surface area (Å²) in [6, 6.07) is 2.77. The standard InChI is InChI=1S/C14H14ClF3N4OS2/c1-2-5-19-12-21-22-13(25-12)24-7-11(23)20-10-6-8(14(16,17)18)3-4-9(10)15/h3-4,6H,2,5,7H2,1H3,(H,19,21)(H,20,23). The van der Waals surface area contributed by atoms with E-state index in [0.29, 0.717) is 9.47 Å². The molecule has 0 aliphatic heterocycles. The molecule has 25 heavy (non-hydrogen) atoms. The monoisotopic (exact) mass is 410 g/mol. The van der Waals surface area contributed by atoms with Crippen molar-refractivity contribution in [2.24, 2.45) is 0 Å². The second kappa shape index (κ2) is 8.72. The topological polar surface area (TPSA) is 66.9 Å². The van der Waals surface area contributed by atoms with Gasteiger partial charge in [-0.3, -0.25) is 4.79 Å². The molecule has 0 spiro atoms. The molecule has 1 amide bonds. The average molecular weight is 411 g/mol. The third-order valence-corrected chi connectivity index (χ3v) is 5.17. The Morgan fingerprint density at radius 2 is 2.12 bits per heavy atom. The van der Waals surface area contributed by atoms with Gasteiger partial charge in [0.1, 0.15) is 0 Å². The summed E-state index contributed by atoms with van der Waals surface area (Å²) in [5.41, 5.74) is -0.958. The van der Waals surface area contributed by atoms with Crippen LogP contribution >= 0.6 is 34.7 Å². The Hall–Kier alpha value is -1.52. The van der Waals surface area contributed by atoms with Gasteiger partial charge < -0.3 is 10.6 Å². The van der Waals surface area contributed by atoms with Crippen molar-refractivity contribution in [3.8, 4) is 0 Å². The van der Waals surface area contributed by atoms with Crippen molar-refractivity contribution in [1.29, 1.82) is 0 Å². The number of nitrogens with zero attached hydrogens (tertiary/aromatic N) is 2. The second-order valence-corrected chi connectivity index (χ2v) is 7.44. The van der Waals surface area contributed by atoms with Crippen LogP contribution in [0.3, 0.4) is 0 Å². The van der Waals surface area contributed by atoms with Crippen LogP contribution in [0.1, 0.15) is 18.9 Å². The molecule has 0 atom stereocenters. The number of carbonyl (C=O) groups excluding carboxylic acids is 1. The lowest BCUT2D eigenvalue weighted by Gasteiger charge is -2.11. The Morgan fingerprint density at radius 1 is 1.36 bits per heavy atom. The van der Waals surface area contributed by atoms with Crippen molar-refractivity contribution in [2.75, 3.05) is 22.9 Å². The van der Waals surface area contributed by atoms with Crippen LogP contribution in [-0.2, 0) is 11.0 Å². The van der Waals surface area contributed by atoms with Gasteiger partial charge in [0.05, 0.1) is 22.0 Å². The number of halogens is 4. The lowest BCUT2D eigenvalue weighted by Crippen LogP contribution is -2.15. The minimum atomic E-state index is -4.51. The second-order valence-electron chi connectivity index (χ2n) is 4.83. The van der Waals surface area contributed by atoms with Crippen LogP contribution in [-0.4, -0.2) is 28.4 Å². The highest BCUT2D eigenvalue weighted by molar-refractivity contribution is 8.01. The molecule has 2 N–H and O–H groups in total. The summed E-state index contributed by atoms with van der Waals surface area (Å²) in [6.07, 6.45) is -3.56. The van der Waals surface area contributed by atoms with Crippen molar-refractivity contribution in [1.82, 2.24) is 10.2 Å². The smallest absolute Gasteiger partial charge is 0.360 e. The fraction of sp³-hybridized carbons (Fsp3) is 0.357. The van der Waals surface area contributed by atoms with Gasteiger partial charge >= 0.3 is 6.18 Å². The highest BCUT2D eigenvalue weighted by Gasteiger charge is 2.31. The number of anilines is 2. The maximum atomic E-state index is 12.7. The Balaban J connectivity index is 1.93. The third-order valence-electron chi connectivity index (χ3n) is 2.83. The number of hydrogen-bond donors (Lipinski definition) is 2. The van der Waals surface area contributed by atoms with E-state index >= 15 is 0 Å². The fourth-order valence-electron chi connectivity index (χ4n) is 1.68. The Bertz CT molecular complexity index is 739. The van der Waals surface area contributed by atoms with E-state index in [9.17, 15) is 18.0 Å². The van der Waals surface area contributed by atoms with Crippen molar-refractivity contribution in [3.63, 3.8) is 0 Å². The van der Waals surface area contributed by atoms with Crippen molar-refractivity contribution in [3.05, 3.63) is 28.8 Å².